The van der Waals surface area contributed by atoms with E-state index < -0.39 is 0 Å². The van der Waals surface area contributed by atoms with Crippen LogP contribution in [0.4, 0.5) is 28.4 Å². The van der Waals surface area contributed by atoms with Crippen LogP contribution in [0.1, 0.15) is 23.6 Å². The van der Waals surface area contributed by atoms with Gasteiger partial charge in [-0.3, -0.25) is 0 Å². The minimum atomic E-state index is 0.976. The van der Waals surface area contributed by atoms with Crippen LogP contribution in [-0.4, -0.2) is 7.05 Å². The largest absolute Gasteiger partial charge is 0.344 e. The number of para-hydroxylation sites is 2. The number of nitrogens with zero attached hydrogens (tertiary/aromatic N) is 2. The molecule has 250 valence electrons. The number of benzene rings is 7. The van der Waals surface area contributed by atoms with Gasteiger partial charge in [-0.2, -0.15) is 0 Å². The van der Waals surface area contributed by atoms with E-state index in [-0.39, 0.29) is 0 Å². The highest BCUT2D eigenvalue weighted by molar-refractivity contribution is 5.97. The fourth-order valence-electron chi connectivity index (χ4n) is 7.17. The van der Waals surface area contributed by atoms with Gasteiger partial charge in [0.25, 0.3) is 0 Å². The number of hydrogen-bond donors (Lipinski definition) is 0. The first-order chi connectivity index (χ1) is 25.5. The van der Waals surface area contributed by atoms with Crippen molar-refractivity contribution in [3.63, 3.8) is 0 Å². The van der Waals surface area contributed by atoms with Crippen LogP contribution in [0.5, 0.6) is 0 Å². The van der Waals surface area contributed by atoms with Gasteiger partial charge >= 0.3 is 0 Å². The highest BCUT2D eigenvalue weighted by Crippen LogP contribution is 2.40. The molecule has 0 fully saturated rings. The van der Waals surface area contributed by atoms with Gasteiger partial charge in [0.15, 0.2) is 0 Å². The molecule has 2 heteroatoms. The maximum Gasteiger partial charge on any atom is 0.0487 e. The van der Waals surface area contributed by atoms with Crippen LogP contribution in [0.15, 0.2) is 201 Å². The van der Waals surface area contributed by atoms with Gasteiger partial charge in [0.05, 0.1) is 0 Å². The summed E-state index contributed by atoms with van der Waals surface area (Å²) in [7, 11) is 2.14. The second-order valence-corrected chi connectivity index (χ2v) is 13.3. The van der Waals surface area contributed by atoms with Crippen LogP contribution in [0.25, 0.3) is 39.0 Å². The molecular formula is C50H40N2. The highest BCUT2D eigenvalue weighted by Gasteiger charge is 2.18. The molecule has 0 atom stereocenters. The molecule has 1 aliphatic rings. The fourth-order valence-corrected chi connectivity index (χ4v) is 7.17. The van der Waals surface area contributed by atoms with Gasteiger partial charge < -0.3 is 9.80 Å². The zero-order valence-corrected chi connectivity index (χ0v) is 29.6. The molecule has 0 amide bonds. The average molecular weight is 669 g/mol. The second kappa shape index (κ2) is 14.3. The molecule has 0 radical (unpaired) electrons. The van der Waals surface area contributed by atoms with Crippen LogP contribution in [0.3, 0.4) is 0 Å². The molecule has 1 heterocycles. The molecule has 1 aliphatic heterocycles. The Morgan fingerprint density at radius 2 is 0.788 bits per heavy atom. The quantitative estimate of drug-likeness (QED) is 0.174. The first-order valence-corrected chi connectivity index (χ1v) is 17.8. The molecule has 0 N–H and O–H groups in total. The number of fused-ring (bicyclic) bond motifs is 2. The maximum atomic E-state index is 4.56. The Hall–Kier alpha value is -6.64. The van der Waals surface area contributed by atoms with Gasteiger partial charge in [0.1, 0.15) is 0 Å². The molecule has 52 heavy (non-hydrogen) atoms. The summed E-state index contributed by atoms with van der Waals surface area (Å²) in [5.41, 5.74) is 17.1. The lowest BCUT2D eigenvalue weighted by Gasteiger charge is -2.27. The predicted octanol–water partition coefficient (Wildman–Crippen LogP) is 13.8. The normalized spacial score (nSPS) is 14.7. The smallest absolute Gasteiger partial charge is 0.0487 e. The molecule has 0 saturated heterocycles. The van der Waals surface area contributed by atoms with E-state index in [1.54, 1.807) is 0 Å². The van der Waals surface area contributed by atoms with E-state index in [9.17, 15) is 0 Å². The molecule has 0 saturated carbocycles. The summed E-state index contributed by atoms with van der Waals surface area (Å²) in [5, 5.41) is 0. The third-order valence-electron chi connectivity index (χ3n) is 9.93. The van der Waals surface area contributed by atoms with Gasteiger partial charge in [-0.05, 0) is 106 Å². The zero-order valence-electron chi connectivity index (χ0n) is 29.6. The van der Waals surface area contributed by atoms with E-state index >= 15 is 0 Å². The minimum Gasteiger partial charge on any atom is -0.344 e. The van der Waals surface area contributed by atoms with Crippen LogP contribution in [0, 0.1) is 0 Å². The second-order valence-electron chi connectivity index (χ2n) is 13.3. The number of rotatable bonds is 6. The molecule has 0 unspecified atom stereocenters. The topological polar surface area (TPSA) is 6.48 Å². The highest BCUT2D eigenvalue weighted by atomic mass is 15.1. The minimum absolute atomic E-state index is 0.976. The lowest BCUT2D eigenvalue weighted by atomic mass is 9.93. The summed E-state index contributed by atoms with van der Waals surface area (Å²) in [6.07, 6.45) is 4.52. The van der Waals surface area contributed by atoms with E-state index in [1.165, 1.54) is 39.1 Å². The van der Waals surface area contributed by atoms with Crippen molar-refractivity contribution in [2.45, 2.75) is 6.92 Å². The first-order valence-electron chi connectivity index (χ1n) is 17.8. The first kappa shape index (κ1) is 32.6. The Kier molecular flexibility index (Phi) is 8.96. The number of anilines is 5. The molecule has 7 aromatic carbocycles. The Balaban J connectivity index is 1.20. The Bertz CT molecular complexity index is 2320. The third-order valence-corrected chi connectivity index (χ3v) is 9.93. The van der Waals surface area contributed by atoms with Gasteiger partial charge in [0, 0.05) is 46.6 Å². The Morgan fingerprint density at radius 1 is 0.404 bits per heavy atom. The average Bonchev–Trinajstić information content (AvgIpc) is 3.21. The van der Waals surface area contributed by atoms with E-state index in [2.05, 4.69) is 224 Å². The molecule has 7 aromatic rings. The van der Waals surface area contributed by atoms with Crippen molar-refractivity contribution in [1.29, 1.82) is 0 Å². The molecule has 0 aromatic heterocycles. The van der Waals surface area contributed by atoms with Crippen LogP contribution < -0.4 is 9.80 Å². The lowest BCUT2D eigenvalue weighted by Crippen LogP contribution is -2.13. The SMILES string of the molecule is C=C1/C=C(c2ccc(N(c3ccc(-c4ccccc4)cc3)c3ccc(-c4ccccc4)cc3)cc2)\C=C(/C)c2ccccc2N(C)c2ccccc21. The number of hydrogen-bond acceptors (Lipinski definition) is 2. The monoisotopic (exact) mass is 668 g/mol. The summed E-state index contributed by atoms with van der Waals surface area (Å²) >= 11 is 0. The molecule has 0 bridgehead atoms. The molecule has 0 spiro atoms. The lowest BCUT2D eigenvalue weighted by molar-refractivity contribution is 1.19. The van der Waals surface area contributed by atoms with Gasteiger partial charge in [0.2, 0.25) is 0 Å². The van der Waals surface area contributed by atoms with Gasteiger partial charge in [-0.25, -0.2) is 0 Å². The summed E-state index contributed by atoms with van der Waals surface area (Å²) in [6.45, 7) is 6.76. The Labute approximate surface area is 307 Å². The van der Waals surface area contributed by atoms with Crippen molar-refractivity contribution in [2.75, 3.05) is 16.8 Å². The van der Waals surface area contributed by atoms with Gasteiger partial charge in [-0.15, -0.1) is 0 Å². The van der Waals surface area contributed by atoms with E-state index in [0.717, 1.165) is 45.0 Å². The molecule has 0 aliphatic carbocycles. The third kappa shape index (κ3) is 6.51. The van der Waals surface area contributed by atoms with Crippen molar-refractivity contribution < 1.29 is 0 Å². The van der Waals surface area contributed by atoms with Crippen LogP contribution in [-0.2, 0) is 0 Å². The fraction of sp³-hybridized carbons (Fsp3) is 0.0400. The molecule has 8 rings (SSSR count). The summed E-state index contributed by atoms with van der Waals surface area (Å²) in [4.78, 5) is 4.60. The summed E-state index contributed by atoms with van der Waals surface area (Å²) < 4.78 is 0. The van der Waals surface area contributed by atoms with Crippen molar-refractivity contribution >= 4 is 45.2 Å². The van der Waals surface area contributed by atoms with E-state index in [0.29, 0.717) is 0 Å². The van der Waals surface area contributed by atoms with Gasteiger partial charge in [-0.1, -0.05) is 146 Å². The standard InChI is InChI=1S/C50H40N2/c1-36-34-43(35-37(2)48-19-11-13-21-50(48)51(3)49-20-12-10-18-47(36)49)42-26-32-46(33-27-42)52(44-28-22-40(23-29-44)38-14-6-4-7-15-38)45-30-24-41(25-31-45)39-16-8-5-9-17-39/h4-35H,1H2,2-3H3/b37-35+,43-34+. The molecule has 2 nitrogen and oxygen atoms in total. The van der Waals surface area contributed by atoms with Crippen molar-refractivity contribution in [3.8, 4) is 22.3 Å². The van der Waals surface area contributed by atoms with Crippen molar-refractivity contribution in [2.24, 2.45) is 0 Å². The van der Waals surface area contributed by atoms with Crippen LogP contribution >= 0.6 is 0 Å². The van der Waals surface area contributed by atoms with Crippen LogP contribution in [0.2, 0.25) is 0 Å². The zero-order chi connectivity index (χ0) is 35.4. The summed E-state index contributed by atoms with van der Waals surface area (Å²) in [5.74, 6) is 0. The van der Waals surface area contributed by atoms with Crippen molar-refractivity contribution in [1.82, 2.24) is 0 Å². The number of allylic oxidation sites excluding steroid dienone is 5. The van der Waals surface area contributed by atoms with Crippen molar-refractivity contribution in [3.05, 3.63) is 217 Å². The predicted molar refractivity (Wildman–Crippen MR) is 224 cm³/mol. The van der Waals surface area contributed by atoms with E-state index in [4.69, 9.17) is 0 Å². The maximum absolute atomic E-state index is 4.56. The van der Waals surface area contributed by atoms with E-state index in [1.807, 2.05) is 0 Å². The Morgan fingerprint density at radius 3 is 1.29 bits per heavy atom. The summed E-state index contributed by atoms with van der Waals surface area (Å²) in [6, 6.07) is 64.9. The molecular weight excluding hydrogens is 629 g/mol.